The quantitative estimate of drug-likeness (QED) is 0.491. The highest BCUT2D eigenvalue weighted by atomic mass is 35.5. The lowest BCUT2D eigenvalue weighted by atomic mass is 9.90. The Hall–Kier alpha value is -1.75. The van der Waals surface area contributed by atoms with Crippen LogP contribution >= 0.6 is 22.9 Å². The van der Waals surface area contributed by atoms with Crippen molar-refractivity contribution in [2.75, 3.05) is 31.2 Å². The van der Waals surface area contributed by atoms with E-state index in [4.69, 9.17) is 16.3 Å². The van der Waals surface area contributed by atoms with Gasteiger partial charge in [-0.2, -0.15) is 4.31 Å². The molecule has 3 aliphatic heterocycles. The number of nitrogens with zero attached hydrogens (tertiary/aromatic N) is 3. The first-order chi connectivity index (χ1) is 17.5. The van der Waals surface area contributed by atoms with E-state index in [-0.39, 0.29) is 12.6 Å². The summed E-state index contributed by atoms with van der Waals surface area (Å²) in [5.41, 5.74) is 4.79. The Morgan fingerprint density at radius 1 is 1.24 bits per heavy atom. The molecule has 0 aliphatic carbocycles. The van der Waals surface area contributed by atoms with E-state index in [9.17, 15) is 13.5 Å². The normalized spacial score (nSPS) is 22.0. The van der Waals surface area contributed by atoms with Gasteiger partial charge >= 0.3 is 0 Å². The number of aromatic nitrogens is 1. The number of rotatable bonds is 4. The summed E-state index contributed by atoms with van der Waals surface area (Å²) in [5.74, 6) is 0. The molecule has 1 atom stereocenters. The summed E-state index contributed by atoms with van der Waals surface area (Å²) in [6, 6.07) is 8.07. The van der Waals surface area contributed by atoms with Gasteiger partial charge in [0.2, 0.25) is 10.0 Å². The SMILES string of the molecule is CC(C)(C)S(=O)(=O)N1C[C@H](N2CCCc3cc(Cl)cc(-c4ccnc5cc(CO)sc45)c32)CC12COC2. The molecule has 37 heavy (non-hydrogen) atoms. The monoisotopic (exact) mass is 561 g/mol. The molecule has 1 aromatic carbocycles. The van der Waals surface area contributed by atoms with Gasteiger partial charge in [0, 0.05) is 52.0 Å². The van der Waals surface area contributed by atoms with Gasteiger partial charge in [0.15, 0.2) is 0 Å². The highest BCUT2D eigenvalue weighted by molar-refractivity contribution is 7.90. The molecule has 0 unspecified atom stereocenters. The first-order valence-electron chi connectivity index (χ1n) is 12.7. The lowest BCUT2D eigenvalue weighted by molar-refractivity contribution is -0.0968. The Morgan fingerprint density at radius 2 is 2.03 bits per heavy atom. The lowest BCUT2D eigenvalue weighted by Gasteiger charge is -2.46. The van der Waals surface area contributed by atoms with Crippen LogP contribution in [0.3, 0.4) is 0 Å². The number of fused-ring (bicyclic) bond motifs is 2. The second kappa shape index (κ2) is 8.89. The fourth-order valence-corrected chi connectivity index (χ4v) is 9.03. The number of halogens is 1. The summed E-state index contributed by atoms with van der Waals surface area (Å²) >= 11 is 8.21. The van der Waals surface area contributed by atoms with E-state index in [1.165, 1.54) is 5.56 Å². The maximum Gasteiger partial charge on any atom is 0.219 e. The van der Waals surface area contributed by atoms with Crippen LogP contribution in [0.15, 0.2) is 30.5 Å². The fourth-order valence-electron chi connectivity index (χ4n) is 6.07. The molecule has 6 rings (SSSR count). The van der Waals surface area contributed by atoms with Crippen molar-refractivity contribution >= 4 is 48.9 Å². The molecule has 5 heterocycles. The first-order valence-corrected chi connectivity index (χ1v) is 15.4. The largest absolute Gasteiger partial charge is 0.391 e. The molecule has 2 aromatic heterocycles. The number of aryl methyl sites for hydroxylation is 1. The third kappa shape index (κ3) is 4.01. The van der Waals surface area contributed by atoms with Gasteiger partial charge in [0.1, 0.15) is 0 Å². The molecule has 1 spiro atoms. The number of sulfonamides is 1. The van der Waals surface area contributed by atoms with Crippen molar-refractivity contribution in [2.24, 2.45) is 0 Å². The minimum atomic E-state index is -3.52. The molecule has 10 heteroatoms. The lowest BCUT2D eigenvalue weighted by Crippen LogP contribution is -2.62. The zero-order valence-electron chi connectivity index (χ0n) is 21.3. The standard InChI is InChI=1S/C27H32ClN3O4S2/c1-26(2,3)37(33,34)31-13-19(12-27(31)15-35-16-27)30-8-4-5-17-9-18(28)10-22(24(17)30)21-6-7-29-23-11-20(14-32)36-25(21)23/h6-7,9-11,19,32H,4-5,8,12-16H2,1-3H3/t19-/m1/s1. The molecular formula is C27H32ClN3O4S2. The van der Waals surface area contributed by atoms with Gasteiger partial charge in [0.05, 0.1) is 40.3 Å². The summed E-state index contributed by atoms with van der Waals surface area (Å²) in [5, 5.41) is 10.4. The number of hydrogen-bond donors (Lipinski definition) is 1. The van der Waals surface area contributed by atoms with Crippen LogP contribution < -0.4 is 4.90 Å². The molecule has 3 aromatic rings. The zero-order chi connectivity index (χ0) is 26.2. The van der Waals surface area contributed by atoms with Crippen LogP contribution in [0.25, 0.3) is 21.3 Å². The number of aliphatic hydroxyl groups is 1. The van der Waals surface area contributed by atoms with Crippen LogP contribution in [0.4, 0.5) is 5.69 Å². The topological polar surface area (TPSA) is 83.0 Å². The van der Waals surface area contributed by atoms with Crippen LogP contribution in [0.5, 0.6) is 0 Å². The van der Waals surface area contributed by atoms with E-state index in [0.717, 1.165) is 57.7 Å². The van der Waals surface area contributed by atoms with Gasteiger partial charge < -0.3 is 14.7 Å². The van der Waals surface area contributed by atoms with Crippen molar-refractivity contribution in [3.05, 3.63) is 45.9 Å². The summed E-state index contributed by atoms with van der Waals surface area (Å²) in [6.07, 6.45) is 4.45. The van der Waals surface area contributed by atoms with Crippen LogP contribution in [0, 0.1) is 0 Å². The Balaban J connectivity index is 1.47. The molecule has 198 valence electrons. The van der Waals surface area contributed by atoms with Crippen molar-refractivity contribution in [2.45, 2.75) is 63.0 Å². The van der Waals surface area contributed by atoms with Crippen LogP contribution in [0.2, 0.25) is 5.02 Å². The molecule has 7 nitrogen and oxygen atoms in total. The predicted octanol–water partition coefficient (Wildman–Crippen LogP) is 4.83. The Labute approximate surface area is 227 Å². The number of pyridine rings is 1. The highest BCUT2D eigenvalue weighted by Crippen LogP contribution is 2.48. The average molecular weight is 562 g/mol. The van der Waals surface area contributed by atoms with E-state index in [1.54, 1.807) is 42.6 Å². The van der Waals surface area contributed by atoms with Gasteiger partial charge in [-0.25, -0.2) is 8.42 Å². The second-order valence-corrected chi connectivity index (χ2v) is 15.6. The minimum absolute atomic E-state index is 0.0233. The number of aliphatic hydroxyl groups excluding tert-OH is 1. The van der Waals surface area contributed by atoms with E-state index in [1.807, 2.05) is 18.2 Å². The Kier molecular flexibility index (Phi) is 6.14. The van der Waals surface area contributed by atoms with Crippen molar-refractivity contribution < 1.29 is 18.3 Å². The second-order valence-electron chi connectivity index (χ2n) is 11.4. The van der Waals surface area contributed by atoms with Crippen LogP contribution in [-0.4, -0.2) is 65.4 Å². The van der Waals surface area contributed by atoms with Gasteiger partial charge in [-0.1, -0.05) is 11.6 Å². The summed E-state index contributed by atoms with van der Waals surface area (Å²) < 4.78 is 34.8. The predicted molar refractivity (Wildman–Crippen MR) is 149 cm³/mol. The van der Waals surface area contributed by atoms with Gasteiger partial charge in [-0.15, -0.1) is 11.3 Å². The van der Waals surface area contributed by atoms with Gasteiger partial charge in [-0.05, 0) is 69.9 Å². The molecule has 0 radical (unpaired) electrons. The van der Waals surface area contributed by atoms with Crippen molar-refractivity contribution in [1.82, 2.24) is 9.29 Å². The minimum Gasteiger partial charge on any atom is -0.391 e. The maximum atomic E-state index is 13.7. The number of benzene rings is 1. The first kappa shape index (κ1) is 25.5. The van der Waals surface area contributed by atoms with E-state index in [0.29, 0.717) is 24.8 Å². The Bertz CT molecular complexity index is 1480. The third-order valence-corrected chi connectivity index (χ3v) is 12.0. The number of thiophene rings is 1. The Morgan fingerprint density at radius 3 is 2.70 bits per heavy atom. The van der Waals surface area contributed by atoms with E-state index >= 15 is 0 Å². The molecule has 1 N–H and O–H groups in total. The van der Waals surface area contributed by atoms with Gasteiger partial charge in [0.25, 0.3) is 0 Å². The number of hydrogen-bond acceptors (Lipinski definition) is 7. The zero-order valence-corrected chi connectivity index (χ0v) is 23.7. The van der Waals surface area contributed by atoms with Crippen LogP contribution in [-0.2, 0) is 27.8 Å². The smallest absolute Gasteiger partial charge is 0.219 e. The molecule has 2 saturated heterocycles. The molecule has 2 fully saturated rings. The van der Waals surface area contributed by atoms with Crippen molar-refractivity contribution in [3.8, 4) is 11.1 Å². The van der Waals surface area contributed by atoms with Gasteiger partial charge in [-0.3, -0.25) is 4.98 Å². The van der Waals surface area contributed by atoms with E-state index < -0.39 is 20.3 Å². The molecule has 0 bridgehead atoms. The summed E-state index contributed by atoms with van der Waals surface area (Å²) in [4.78, 5) is 7.83. The van der Waals surface area contributed by atoms with Crippen molar-refractivity contribution in [3.63, 3.8) is 0 Å². The fraction of sp³-hybridized carbons (Fsp3) is 0.519. The molecule has 3 aliphatic rings. The maximum absolute atomic E-state index is 13.7. The molecular weight excluding hydrogens is 530 g/mol. The average Bonchev–Trinajstić information content (AvgIpc) is 3.44. The number of anilines is 1. The van der Waals surface area contributed by atoms with Crippen LogP contribution in [0.1, 0.15) is 44.1 Å². The van der Waals surface area contributed by atoms with Crippen molar-refractivity contribution in [1.29, 1.82) is 0 Å². The summed E-state index contributed by atoms with van der Waals surface area (Å²) in [7, 11) is -3.52. The third-order valence-electron chi connectivity index (χ3n) is 7.96. The molecule has 0 saturated carbocycles. The number of ether oxygens (including phenoxy) is 1. The highest BCUT2D eigenvalue weighted by Gasteiger charge is 2.59. The summed E-state index contributed by atoms with van der Waals surface area (Å²) in [6.45, 7) is 7.48. The molecule has 0 amide bonds. The van der Waals surface area contributed by atoms with E-state index in [2.05, 4.69) is 16.0 Å².